The van der Waals surface area contributed by atoms with Crippen LogP contribution in [0.4, 0.5) is 0 Å². The van der Waals surface area contributed by atoms with Crippen LogP contribution in [0, 0.1) is 18.8 Å². The molecule has 1 heterocycles. The van der Waals surface area contributed by atoms with Gasteiger partial charge in [0, 0.05) is 5.56 Å². The maximum Gasteiger partial charge on any atom is 0.289 e. The smallest absolute Gasteiger partial charge is 0.289 e. The van der Waals surface area contributed by atoms with Crippen LogP contribution in [0.1, 0.15) is 40.3 Å². The molecule has 21 heavy (non-hydrogen) atoms. The average Bonchev–Trinajstić information content (AvgIpc) is 2.91. The highest BCUT2D eigenvalue weighted by Gasteiger charge is 2.17. The van der Waals surface area contributed by atoms with Crippen molar-refractivity contribution in [1.82, 2.24) is 10.3 Å². The van der Waals surface area contributed by atoms with Crippen LogP contribution in [0.15, 0.2) is 35.1 Å². The van der Waals surface area contributed by atoms with Gasteiger partial charge in [-0.15, -0.1) is 0 Å². The molecule has 5 heteroatoms. The van der Waals surface area contributed by atoms with E-state index in [2.05, 4.69) is 22.1 Å². The lowest BCUT2D eigenvalue weighted by Crippen LogP contribution is -2.26. The second-order valence-corrected chi connectivity index (χ2v) is 4.59. The summed E-state index contributed by atoms with van der Waals surface area (Å²) in [5, 5.41) is 2.88. The lowest BCUT2D eigenvalue weighted by molar-refractivity contribution is 0.0911. The van der Waals surface area contributed by atoms with E-state index >= 15 is 0 Å². The highest BCUT2D eigenvalue weighted by Crippen LogP contribution is 2.15. The SMILES string of the molecule is Cc1ncoc1C(=O)NC(C)c1cccc(C#CCN)c1. The monoisotopic (exact) mass is 283 g/mol. The lowest BCUT2D eigenvalue weighted by Gasteiger charge is -2.13. The van der Waals surface area contributed by atoms with Crippen LogP contribution in [-0.2, 0) is 0 Å². The van der Waals surface area contributed by atoms with Crippen molar-refractivity contribution < 1.29 is 9.21 Å². The molecule has 1 aromatic carbocycles. The van der Waals surface area contributed by atoms with E-state index in [4.69, 9.17) is 10.2 Å². The Morgan fingerprint density at radius 3 is 3.00 bits per heavy atom. The van der Waals surface area contributed by atoms with Gasteiger partial charge in [-0.05, 0) is 31.5 Å². The van der Waals surface area contributed by atoms with Gasteiger partial charge in [-0.2, -0.15) is 0 Å². The summed E-state index contributed by atoms with van der Waals surface area (Å²) in [5.41, 5.74) is 7.77. The molecule has 0 spiro atoms. The van der Waals surface area contributed by atoms with Gasteiger partial charge in [-0.25, -0.2) is 4.98 Å². The molecule has 0 saturated heterocycles. The summed E-state index contributed by atoms with van der Waals surface area (Å²) in [4.78, 5) is 16.0. The predicted octanol–water partition coefficient (Wildman–Crippen LogP) is 1.78. The Labute approximate surface area is 123 Å². The minimum absolute atomic E-state index is 0.165. The molecule has 1 atom stereocenters. The van der Waals surface area contributed by atoms with Crippen molar-refractivity contribution >= 4 is 5.91 Å². The molecule has 0 aliphatic heterocycles. The molecule has 3 N–H and O–H groups in total. The van der Waals surface area contributed by atoms with E-state index in [1.54, 1.807) is 6.92 Å². The van der Waals surface area contributed by atoms with Crippen LogP contribution < -0.4 is 11.1 Å². The molecule has 0 aliphatic carbocycles. The molecule has 0 fully saturated rings. The van der Waals surface area contributed by atoms with Crippen LogP contribution in [0.3, 0.4) is 0 Å². The summed E-state index contributed by atoms with van der Waals surface area (Å²) in [5.74, 6) is 5.74. The third kappa shape index (κ3) is 3.71. The highest BCUT2D eigenvalue weighted by atomic mass is 16.3. The van der Waals surface area contributed by atoms with E-state index in [-0.39, 0.29) is 17.7 Å². The first-order chi connectivity index (χ1) is 10.1. The highest BCUT2D eigenvalue weighted by molar-refractivity contribution is 5.92. The number of hydrogen-bond donors (Lipinski definition) is 2. The van der Waals surface area contributed by atoms with Gasteiger partial charge in [0.2, 0.25) is 5.76 Å². The zero-order valence-electron chi connectivity index (χ0n) is 12.0. The Morgan fingerprint density at radius 2 is 2.33 bits per heavy atom. The second-order valence-electron chi connectivity index (χ2n) is 4.59. The maximum absolute atomic E-state index is 12.1. The van der Waals surface area contributed by atoms with Gasteiger partial charge in [0.1, 0.15) is 0 Å². The van der Waals surface area contributed by atoms with Crippen LogP contribution in [-0.4, -0.2) is 17.4 Å². The van der Waals surface area contributed by atoms with E-state index in [9.17, 15) is 4.79 Å². The van der Waals surface area contributed by atoms with Crippen LogP contribution in [0.5, 0.6) is 0 Å². The van der Waals surface area contributed by atoms with Crippen LogP contribution in [0.2, 0.25) is 0 Å². The number of oxazole rings is 1. The minimum Gasteiger partial charge on any atom is -0.438 e. The minimum atomic E-state index is -0.282. The fraction of sp³-hybridized carbons (Fsp3) is 0.250. The summed E-state index contributed by atoms with van der Waals surface area (Å²) in [7, 11) is 0. The maximum atomic E-state index is 12.1. The number of nitrogens with two attached hydrogens (primary N) is 1. The van der Waals surface area contributed by atoms with Gasteiger partial charge in [0.05, 0.1) is 18.3 Å². The Bertz CT molecular complexity index is 695. The van der Waals surface area contributed by atoms with Gasteiger partial charge >= 0.3 is 0 Å². The Kier molecular flexibility index (Phi) is 4.75. The number of carbonyl (C=O) groups is 1. The van der Waals surface area contributed by atoms with E-state index in [1.165, 1.54) is 6.39 Å². The molecular formula is C16H17N3O2. The molecule has 1 unspecified atom stereocenters. The normalized spacial score (nSPS) is 11.4. The molecule has 1 amide bonds. The van der Waals surface area contributed by atoms with Crippen molar-refractivity contribution in [1.29, 1.82) is 0 Å². The van der Waals surface area contributed by atoms with Crippen molar-refractivity contribution in [2.24, 2.45) is 5.73 Å². The fourth-order valence-corrected chi connectivity index (χ4v) is 1.90. The Morgan fingerprint density at radius 1 is 1.52 bits per heavy atom. The molecule has 108 valence electrons. The van der Waals surface area contributed by atoms with Crippen molar-refractivity contribution in [3.63, 3.8) is 0 Å². The number of hydrogen-bond acceptors (Lipinski definition) is 4. The molecule has 2 aromatic rings. The Balaban J connectivity index is 2.11. The number of aromatic nitrogens is 1. The number of carbonyl (C=O) groups excluding carboxylic acids is 1. The van der Waals surface area contributed by atoms with Crippen LogP contribution >= 0.6 is 0 Å². The van der Waals surface area contributed by atoms with Crippen molar-refractivity contribution in [3.05, 3.63) is 53.2 Å². The van der Waals surface area contributed by atoms with Gasteiger partial charge in [0.25, 0.3) is 5.91 Å². The first kappa shape index (κ1) is 14.8. The molecule has 5 nitrogen and oxygen atoms in total. The molecule has 0 saturated carbocycles. The topological polar surface area (TPSA) is 81.2 Å². The summed E-state index contributed by atoms with van der Waals surface area (Å²) in [6, 6.07) is 7.51. The first-order valence-electron chi connectivity index (χ1n) is 6.61. The van der Waals surface area contributed by atoms with E-state index < -0.39 is 0 Å². The first-order valence-corrected chi connectivity index (χ1v) is 6.61. The summed E-state index contributed by atoms with van der Waals surface area (Å²) < 4.78 is 5.08. The van der Waals surface area contributed by atoms with Gasteiger partial charge in [-0.3, -0.25) is 4.79 Å². The molecular weight excluding hydrogens is 266 g/mol. The molecule has 0 aliphatic rings. The fourth-order valence-electron chi connectivity index (χ4n) is 1.90. The van der Waals surface area contributed by atoms with Crippen molar-refractivity contribution in [2.75, 3.05) is 6.54 Å². The van der Waals surface area contributed by atoms with Gasteiger partial charge in [-0.1, -0.05) is 24.0 Å². The molecule has 2 rings (SSSR count). The zero-order valence-corrected chi connectivity index (χ0v) is 12.0. The summed E-state index contributed by atoms with van der Waals surface area (Å²) in [6.45, 7) is 3.95. The summed E-state index contributed by atoms with van der Waals surface area (Å²) >= 11 is 0. The molecule has 1 aromatic heterocycles. The molecule has 0 bridgehead atoms. The largest absolute Gasteiger partial charge is 0.438 e. The van der Waals surface area contributed by atoms with Crippen molar-refractivity contribution in [3.8, 4) is 11.8 Å². The molecule has 0 radical (unpaired) electrons. The predicted molar refractivity (Wildman–Crippen MR) is 79.5 cm³/mol. The zero-order chi connectivity index (χ0) is 15.2. The number of benzene rings is 1. The third-order valence-corrected chi connectivity index (χ3v) is 3.02. The van der Waals surface area contributed by atoms with E-state index in [0.717, 1.165) is 11.1 Å². The summed E-state index contributed by atoms with van der Waals surface area (Å²) in [6.07, 6.45) is 1.26. The second kappa shape index (κ2) is 6.73. The quantitative estimate of drug-likeness (QED) is 0.841. The van der Waals surface area contributed by atoms with Gasteiger partial charge < -0.3 is 15.5 Å². The Hall–Kier alpha value is -2.58. The number of nitrogens with one attached hydrogen (secondary N) is 1. The number of nitrogens with zero attached hydrogens (tertiary/aromatic N) is 1. The van der Waals surface area contributed by atoms with E-state index in [1.807, 2.05) is 31.2 Å². The number of aryl methyl sites for hydroxylation is 1. The average molecular weight is 283 g/mol. The van der Waals surface area contributed by atoms with Gasteiger partial charge in [0.15, 0.2) is 6.39 Å². The number of amides is 1. The number of rotatable bonds is 3. The van der Waals surface area contributed by atoms with E-state index in [0.29, 0.717) is 12.2 Å². The van der Waals surface area contributed by atoms with Crippen molar-refractivity contribution in [2.45, 2.75) is 19.9 Å². The lowest BCUT2D eigenvalue weighted by atomic mass is 10.1. The third-order valence-electron chi connectivity index (χ3n) is 3.02. The van der Waals surface area contributed by atoms with Crippen LogP contribution in [0.25, 0.3) is 0 Å². The standard InChI is InChI=1S/C16H17N3O2/c1-11(19-16(20)15-12(2)18-10-21-15)14-7-3-5-13(9-14)6-4-8-17/h3,5,7,9-11H,8,17H2,1-2H3,(H,19,20).